The van der Waals surface area contributed by atoms with Crippen molar-refractivity contribution in [3.05, 3.63) is 108 Å². The van der Waals surface area contributed by atoms with Gasteiger partial charge in [-0.15, -0.1) is 0 Å². The molecule has 10 nitrogen and oxygen atoms in total. The van der Waals surface area contributed by atoms with Crippen molar-refractivity contribution in [2.75, 3.05) is 13.3 Å². The molecule has 3 aromatic carbocycles. The highest BCUT2D eigenvalue weighted by Crippen LogP contribution is 2.29. The van der Waals surface area contributed by atoms with Gasteiger partial charge in [-0.25, -0.2) is 9.59 Å². The minimum absolute atomic E-state index is 0.0295. The highest BCUT2D eigenvalue weighted by molar-refractivity contribution is 5.83. The van der Waals surface area contributed by atoms with Crippen LogP contribution in [0.25, 0.3) is 0 Å². The van der Waals surface area contributed by atoms with Gasteiger partial charge in [0.1, 0.15) is 12.6 Å². The lowest BCUT2D eigenvalue weighted by Gasteiger charge is -2.41. The van der Waals surface area contributed by atoms with Crippen molar-refractivity contribution in [2.45, 2.75) is 32.2 Å². The fourth-order valence-corrected chi connectivity index (χ4v) is 4.07. The maximum atomic E-state index is 13.2. The molecule has 4 rings (SSSR count). The molecule has 1 fully saturated rings. The van der Waals surface area contributed by atoms with Crippen LogP contribution in [0.15, 0.2) is 91.0 Å². The second-order valence-corrected chi connectivity index (χ2v) is 8.81. The molecule has 1 heterocycles. The quantitative estimate of drug-likeness (QED) is 0.421. The highest BCUT2D eigenvalue weighted by atomic mass is 16.7. The van der Waals surface area contributed by atoms with E-state index in [9.17, 15) is 19.2 Å². The van der Waals surface area contributed by atoms with Crippen LogP contribution in [0, 0.1) is 0 Å². The molecule has 2 atom stereocenters. The second-order valence-electron chi connectivity index (χ2n) is 8.81. The van der Waals surface area contributed by atoms with Crippen LogP contribution in [0.3, 0.4) is 0 Å². The topological polar surface area (TPSA) is 114 Å². The van der Waals surface area contributed by atoms with Crippen molar-refractivity contribution < 1.29 is 33.5 Å². The average Bonchev–Trinajstić information content (AvgIpc) is 2.96. The van der Waals surface area contributed by atoms with E-state index in [1.54, 1.807) is 30.3 Å². The van der Waals surface area contributed by atoms with Crippen LogP contribution in [-0.4, -0.2) is 53.2 Å². The number of alkyl carbamates (subject to hydrolysis) is 1. The first-order chi connectivity index (χ1) is 18.9. The number of carbonyl (C=O) groups excluding carboxylic acids is 4. The van der Waals surface area contributed by atoms with Gasteiger partial charge in [-0.05, 0) is 16.7 Å². The van der Waals surface area contributed by atoms with Gasteiger partial charge in [-0.3, -0.25) is 19.3 Å². The molecule has 1 N–H and O–H groups in total. The van der Waals surface area contributed by atoms with E-state index in [0.717, 1.165) is 16.2 Å². The van der Waals surface area contributed by atoms with Crippen LogP contribution in [0.2, 0.25) is 0 Å². The third-order valence-corrected chi connectivity index (χ3v) is 5.99. The van der Waals surface area contributed by atoms with Crippen molar-refractivity contribution in [1.82, 2.24) is 15.3 Å². The average molecular weight is 532 g/mol. The van der Waals surface area contributed by atoms with E-state index in [1.807, 2.05) is 60.7 Å². The Labute approximate surface area is 226 Å². The lowest BCUT2D eigenvalue weighted by molar-refractivity contribution is -0.249. The van der Waals surface area contributed by atoms with Gasteiger partial charge in [0.05, 0.1) is 0 Å². The van der Waals surface area contributed by atoms with Gasteiger partial charge in [0, 0.05) is 13.3 Å². The summed E-state index contributed by atoms with van der Waals surface area (Å²) in [7, 11) is 0. The lowest BCUT2D eigenvalue weighted by Crippen LogP contribution is -2.54. The molecule has 202 valence electrons. The summed E-state index contributed by atoms with van der Waals surface area (Å²) in [6.45, 7) is 0.493. The van der Waals surface area contributed by atoms with Gasteiger partial charge >= 0.3 is 12.1 Å². The first-order valence-corrected chi connectivity index (χ1v) is 12.4. The third-order valence-electron chi connectivity index (χ3n) is 5.99. The van der Waals surface area contributed by atoms with Crippen LogP contribution in [0.4, 0.5) is 4.79 Å². The van der Waals surface area contributed by atoms with Crippen molar-refractivity contribution in [3.63, 3.8) is 0 Å². The number of nitrogens with zero attached hydrogens (tertiary/aromatic N) is 2. The summed E-state index contributed by atoms with van der Waals surface area (Å²) >= 11 is 0. The number of benzene rings is 3. The minimum Gasteiger partial charge on any atom is -0.445 e. The normalized spacial score (nSPS) is 15.8. The molecule has 1 saturated heterocycles. The SMILES string of the molecule is CC(=O)N1OCC(=O)N(COC(=O)[C@H](Cc2ccccc2)NC(=O)OCc2ccccc2)C1c1ccccc1. The van der Waals surface area contributed by atoms with Gasteiger partial charge in [0.15, 0.2) is 19.5 Å². The van der Waals surface area contributed by atoms with Crippen LogP contribution >= 0.6 is 0 Å². The minimum atomic E-state index is -1.09. The van der Waals surface area contributed by atoms with Crippen LogP contribution in [0.5, 0.6) is 0 Å². The summed E-state index contributed by atoms with van der Waals surface area (Å²) < 4.78 is 10.8. The Morgan fingerprint density at radius 2 is 1.49 bits per heavy atom. The van der Waals surface area contributed by atoms with Crippen molar-refractivity contribution in [2.24, 2.45) is 0 Å². The molecule has 0 radical (unpaired) electrons. The summed E-state index contributed by atoms with van der Waals surface area (Å²) in [4.78, 5) is 57.5. The largest absolute Gasteiger partial charge is 0.445 e. The van der Waals surface area contributed by atoms with Crippen molar-refractivity contribution in [1.29, 1.82) is 0 Å². The molecule has 1 unspecified atom stereocenters. The first-order valence-electron chi connectivity index (χ1n) is 12.4. The van der Waals surface area contributed by atoms with Crippen LogP contribution in [0.1, 0.15) is 29.8 Å². The predicted molar refractivity (Wildman–Crippen MR) is 139 cm³/mol. The molecule has 0 saturated carbocycles. The molecule has 1 aliphatic heterocycles. The fraction of sp³-hybridized carbons (Fsp3) is 0.241. The summed E-state index contributed by atoms with van der Waals surface area (Å²) in [5, 5.41) is 3.65. The van der Waals surface area contributed by atoms with E-state index in [-0.39, 0.29) is 13.0 Å². The van der Waals surface area contributed by atoms with Gasteiger partial charge in [0.2, 0.25) is 5.91 Å². The van der Waals surface area contributed by atoms with E-state index in [2.05, 4.69) is 5.32 Å². The Morgan fingerprint density at radius 3 is 2.10 bits per heavy atom. The molecule has 0 bridgehead atoms. The number of carbonyl (C=O) groups is 4. The molecular weight excluding hydrogens is 502 g/mol. The molecule has 39 heavy (non-hydrogen) atoms. The first kappa shape index (κ1) is 27.3. The zero-order chi connectivity index (χ0) is 27.6. The van der Waals surface area contributed by atoms with Crippen molar-refractivity contribution in [3.8, 4) is 0 Å². The Balaban J connectivity index is 1.47. The highest BCUT2D eigenvalue weighted by Gasteiger charge is 2.39. The molecule has 0 spiro atoms. The Morgan fingerprint density at radius 1 is 0.897 bits per heavy atom. The zero-order valence-corrected chi connectivity index (χ0v) is 21.4. The van der Waals surface area contributed by atoms with Gasteiger partial charge in [-0.2, -0.15) is 5.06 Å². The molecule has 3 amide bonds. The van der Waals surface area contributed by atoms with E-state index in [0.29, 0.717) is 5.56 Å². The third kappa shape index (κ3) is 7.42. The monoisotopic (exact) mass is 531 g/mol. The molecule has 3 aromatic rings. The Bertz CT molecular complexity index is 1270. The maximum absolute atomic E-state index is 13.2. The molecular formula is C29H29N3O7. The zero-order valence-electron chi connectivity index (χ0n) is 21.4. The summed E-state index contributed by atoms with van der Waals surface area (Å²) in [6.07, 6.45) is -1.59. The van der Waals surface area contributed by atoms with Crippen LogP contribution < -0.4 is 5.32 Å². The Hall–Kier alpha value is -4.70. The van der Waals surface area contributed by atoms with Crippen LogP contribution in [-0.2, 0) is 41.7 Å². The van der Waals surface area contributed by atoms with E-state index >= 15 is 0 Å². The maximum Gasteiger partial charge on any atom is 0.408 e. The summed E-state index contributed by atoms with van der Waals surface area (Å²) in [6, 6.07) is 26.0. The van der Waals surface area contributed by atoms with Crippen molar-refractivity contribution >= 4 is 23.9 Å². The van der Waals surface area contributed by atoms with Gasteiger partial charge in [-0.1, -0.05) is 91.0 Å². The Kier molecular flexibility index (Phi) is 9.25. The second kappa shape index (κ2) is 13.2. The summed E-state index contributed by atoms with van der Waals surface area (Å²) in [5.41, 5.74) is 2.18. The number of nitrogens with one attached hydrogen (secondary N) is 1. The standard InChI is InChI=1S/C29H29N3O7/c1-21(33)32-27(24-15-9-4-10-16-24)31(26(34)19-39-32)20-38-28(35)25(17-22-11-5-2-6-12-22)30-29(36)37-18-23-13-7-3-8-14-23/h2-16,25,27H,17-20H2,1H3,(H,30,36)/t25-,27?/m0/s1. The van der Waals surface area contributed by atoms with Gasteiger partial charge < -0.3 is 14.8 Å². The van der Waals surface area contributed by atoms with Gasteiger partial charge in [0.25, 0.3) is 5.91 Å². The lowest BCUT2D eigenvalue weighted by atomic mass is 10.1. The predicted octanol–water partition coefficient (Wildman–Crippen LogP) is 3.35. The van der Waals surface area contributed by atoms with E-state index in [4.69, 9.17) is 14.3 Å². The number of hydrogen-bond acceptors (Lipinski definition) is 7. The smallest absolute Gasteiger partial charge is 0.408 e. The molecule has 0 aromatic heterocycles. The number of ether oxygens (including phenoxy) is 2. The molecule has 1 aliphatic rings. The van der Waals surface area contributed by atoms with E-state index < -0.39 is 49.4 Å². The number of rotatable bonds is 9. The fourth-order valence-electron chi connectivity index (χ4n) is 4.07. The number of hydroxylamine groups is 2. The summed E-state index contributed by atoms with van der Waals surface area (Å²) in [5.74, 6) is -1.66. The number of esters is 1. The van der Waals surface area contributed by atoms with E-state index in [1.165, 1.54) is 11.8 Å². The molecule has 0 aliphatic carbocycles. The number of amides is 3. The number of hydrogen-bond donors (Lipinski definition) is 1. The molecule has 10 heteroatoms.